The van der Waals surface area contributed by atoms with Gasteiger partial charge < -0.3 is 15.3 Å². The molecule has 0 aromatic rings. The molecule has 1 atom stereocenters. The smallest absolute Gasteiger partial charge is 0.225 e. The molecule has 2 N–H and O–H groups in total. The van der Waals surface area contributed by atoms with E-state index in [2.05, 4.69) is 5.32 Å². The number of hydrogen-bond acceptors (Lipinski definition) is 3. The molecular weight excluding hydrogens is 220 g/mol. The molecule has 2 rings (SSSR count). The number of hydrogen-bond donors (Lipinski definition) is 2. The number of carbonyl (C=O) groups is 2. The third-order valence-electron chi connectivity index (χ3n) is 3.97. The van der Waals surface area contributed by atoms with Crippen molar-refractivity contribution in [2.75, 3.05) is 19.7 Å². The Balaban J connectivity index is 1.91. The van der Waals surface area contributed by atoms with Crippen LogP contribution in [-0.2, 0) is 9.59 Å². The first-order valence-electron chi connectivity index (χ1n) is 6.31. The fourth-order valence-electron chi connectivity index (χ4n) is 2.54. The van der Waals surface area contributed by atoms with Gasteiger partial charge in [-0.2, -0.15) is 0 Å². The number of nitrogens with zero attached hydrogens (tertiary/aromatic N) is 1. The summed E-state index contributed by atoms with van der Waals surface area (Å²) in [6, 6.07) is 0. The summed E-state index contributed by atoms with van der Waals surface area (Å²) in [7, 11) is 0. The molecule has 1 saturated carbocycles. The minimum atomic E-state index is -0.403. The van der Waals surface area contributed by atoms with E-state index < -0.39 is 5.54 Å². The first-order chi connectivity index (χ1) is 8.10. The Bertz CT molecular complexity index is 320. The number of likely N-dealkylation sites (tertiary alicyclic amines) is 1. The highest BCUT2D eigenvalue weighted by Crippen LogP contribution is 2.32. The number of aliphatic hydroxyl groups is 1. The number of aliphatic hydroxyl groups excluding tert-OH is 1. The Morgan fingerprint density at radius 3 is 2.71 bits per heavy atom. The van der Waals surface area contributed by atoms with Gasteiger partial charge in [-0.25, -0.2) is 0 Å². The van der Waals surface area contributed by atoms with Gasteiger partial charge in [-0.05, 0) is 26.2 Å². The third kappa shape index (κ3) is 2.29. The summed E-state index contributed by atoms with van der Waals surface area (Å²) in [4.78, 5) is 25.3. The molecule has 2 amide bonds. The lowest BCUT2D eigenvalue weighted by Gasteiger charge is -2.41. The van der Waals surface area contributed by atoms with Crippen molar-refractivity contribution in [3.05, 3.63) is 0 Å². The molecule has 1 unspecified atom stereocenters. The van der Waals surface area contributed by atoms with Gasteiger partial charge in [0.1, 0.15) is 0 Å². The van der Waals surface area contributed by atoms with Gasteiger partial charge in [0.25, 0.3) is 0 Å². The van der Waals surface area contributed by atoms with Crippen LogP contribution in [0.5, 0.6) is 0 Å². The van der Waals surface area contributed by atoms with Crippen molar-refractivity contribution >= 4 is 11.8 Å². The largest absolute Gasteiger partial charge is 0.394 e. The molecule has 17 heavy (non-hydrogen) atoms. The highest BCUT2D eigenvalue weighted by atomic mass is 16.3. The summed E-state index contributed by atoms with van der Waals surface area (Å²) in [5.41, 5.74) is -0.403. The van der Waals surface area contributed by atoms with Gasteiger partial charge in [0.15, 0.2) is 0 Å². The van der Waals surface area contributed by atoms with Crippen LogP contribution in [0.1, 0.15) is 32.6 Å². The molecule has 1 saturated heterocycles. The maximum atomic E-state index is 12.0. The van der Waals surface area contributed by atoms with Crippen LogP contribution >= 0.6 is 0 Å². The van der Waals surface area contributed by atoms with E-state index in [4.69, 9.17) is 0 Å². The highest BCUT2D eigenvalue weighted by Gasteiger charge is 2.41. The van der Waals surface area contributed by atoms with E-state index in [1.165, 1.54) is 0 Å². The molecule has 0 bridgehead atoms. The molecule has 0 aromatic heterocycles. The Kier molecular flexibility index (Phi) is 3.38. The van der Waals surface area contributed by atoms with Gasteiger partial charge >= 0.3 is 0 Å². The topological polar surface area (TPSA) is 69.6 Å². The summed E-state index contributed by atoms with van der Waals surface area (Å²) in [6.45, 7) is 3.09. The Hall–Kier alpha value is -1.10. The van der Waals surface area contributed by atoms with Gasteiger partial charge in [-0.1, -0.05) is 0 Å². The normalized spacial score (nSPS) is 26.8. The third-order valence-corrected chi connectivity index (χ3v) is 3.97. The average Bonchev–Trinajstić information content (AvgIpc) is 2.65. The predicted octanol–water partition coefficient (Wildman–Crippen LogP) is -0.114. The van der Waals surface area contributed by atoms with Crippen LogP contribution in [0.2, 0.25) is 0 Å². The summed E-state index contributed by atoms with van der Waals surface area (Å²) >= 11 is 0. The van der Waals surface area contributed by atoms with Crippen molar-refractivity contribution in [2.24, 2.45) is 5.92 Å². The van der Waals surface area contributed by atoms with Crippen LogP contribution in [0.3, 0.4) is 0 Å². The summed E-state index contributed by atoms with van der Waals surface area (Å²) in [5, 5.41) is 12.2. The second kappa shape index (κ2) is 4.64. The van der Waals surface area contributed by atoms with E-state index in [9.17, 15) is 14.7 Å². The van der Waals surface area contributed by atoms with Crippen LogP contribution in [-0.4, -0.2) is 47.1 Å². The van der Waals surface area contributed by atoms with E-state index in [1.54, 1.807) is 4.90 Å². The van der Waals surface area contributed by atoms with E-state index in [-0.39, 0.29) is 24.3 Å². The molecule has 2 fully saturated rings. The lowest BCUT2D eigenvalue weighted by Crippen LogP contribution is -2.57. The van der Waals surface area contributed by atoms with Crippen LogP contribution in [0.25, 0.3) is 0 Å². The molecule has 2 aliphatic rings. The van der Waals surface area contributed by atoms with Crippen LogP contribution in [0, 0.1) is 5.92 Å². The minimum absolute atomic E-state index is 0.00308. The van der Waals surface area contributed by atoms with E-state index in [1.807, 2.05) is 6.92 Å². The zero-order valence-corrected chi connectivity index (χ0v) is 10.2. The molecule has 0 radical (unpaired) electrons. The first-order valence-corrected chi connectivity index (χ1v) is 6.31. The Morgan fingerprint density at radius 1 is 1.59 bits per heavy atom. The lowest BCUT2D eigenvalue weighted by atomic mass is 9.77. The minimum Gasteiger partial charge on any atom is -0.394 e. The van der Waals surface area contributed by atoms with Crippen molar-refractivity contribution < 1.29 is 14.7 Å². The van der Waals surface area contributed by atoms with Crippen molar-refractivity contribution in [3.8, 4) is 0 Å². The summed E-state index contributed by atoms with van der Waals surface area (Å²) in [6.07, 6.45) is 3.04. The molecule has 0 spiro atoms. The van der Waals surface area contributed by atoms with Crippen molar-refractivity contribution in [2.45, 2.75) is 38.1 Å². The molecule has 5 heteroatoms. The molecule has 1 heterocycles. The van der Waals surface area contributed by atoms with Gasteiger partial charge in [-0.3, -0.25) is 9.59 Å². The second-order valence-corrected chi connectivity index (χ2v) is 5.11. The number of rotatable bonds is 4. The Morgan fingerprint density at radius 2 is 2.29 bits per heavy atom. The fourth-order valence-corrected chi connectivity index (χ4v) is 2.54. The Labute approximate surface area is 101 Å². The van der Waals surface area contributed by atoms with Gasteiger partial charge in [0.05, 0.1) is 18.1 Å². The fraction of sp³-hybridized carbons (Fsp3) is 0.833. The number of carbonyl (C=O) groups excluding carboxylic acids is 2. The van der Waals surface area contributed by atoms with Crippen molar-refractivity contribution in [1.29, 1.82) is 0 Å². The van der Waals surface area contributed by atoms with Crippen LogP contribution < -0.4 is 5.32 Å². The second-order valence-electron chi connectivity index (χ2n) is 5.11. The quantitative estimate of drug-likeness (QED) is 0.720. The molecule has 5 nitrogen and oxygen atoms in total. The van der Waals surface area contributed by atoms with Crippen LogP contribution in [0.15, 0.2) is 0 Å². The zero-order valence-electron chi connectivity index (χ0n) is 10.2. The van der Waals surface area contributed by atoms with Gasteiger partial charge in [0, 0.05) is 19.5 Å². The van der Waals surface area contributed by atoms with Crippen molar-refractivity contribution in [1.82, 2.24) is 10.2 Å². The standard InChI is InChI=1S/C12H20N2O3/c1-2-14-7-9(6-10(14)16)11(17)13-12(8-15)4-3-5-12/h9,15H,2-8H2,1H3,(H,13,17). The molecule has 1 aliphatic heterocycles. The highest BCUT2D eigenvalue weighted by molar-refractivity contribution is 5.89. The van der Waals surface area contributed by atoms with E-state index in [0.717, 1.165) is 19.3 Å². The van der Waals surface area contributed by atoms with Crippen LogP contribution in [0.4, 0.5) is 0 Å². The van der Waals surface area contributed by atoms with E-state index in [0.29, 0.717) is 19.5 Å². The molecule has 96 valence electrons. The predicted molar refractivity (Wildman–Crippen MR) is 62.2 cm³/mol. The lowest BCUT2D eigenvalue weighted by molar-refractivity contribution is -0.130. The summed E-state index contributed by atoms with van der Waals surface area (Å²) in [5.74, 6) is -0.270. The maximum Gasteiger partial charge on any atom is 0.225 e. The monoisotopic (exact) mass is 240 g/mol. The van der Waals surface area contributed by atoms with E-state index >= 15 is 0 Å². The SMILES string of the molecule is CCN1CC(C(=O)NC2(CO)CCC2)CC1=O. The van der Waals surface area contributed by atoms with Gasteiger partial charge in [0.2, 0.25) is 11.8 Å². The van der Waals surface area contributed by atoms with Crippen molar-refractivity contribution in [3.63, 3.8) is 0 Å². The molecule has 1 aliphatic carbocycles. The average molecular weight is 240 g/mol. The molecular formula is C12H20N2O3. The first kappa shape index (κ1) is 12.4. The molecule has 0 aromatic carbocycles. The number of nitrogens with one attached hydrogen (secondary N) is 1. The maximum absolute atomic E-state index is 12.0. The number of amides is 2. The summed E-state index contributed by atoms with van der Waals surface area (Å²) < 4.78 is 0. The van der Waals surface area contributed by atoms with Gasteiger partial charge in [-0.15, -0.1) is 0 Å². The zero-order chi connectivity index (χ0) is 12.5.